The maximum Gasteiger partial charge on any atom is 0.136 e. The second kappa shape index (κ2) is 5.08. The Balaban J connectivity index is 1.70. The van der Waals surface area contributed by atoms with Gasteiger partial charge in [-0.25, -0.2) is 0 Å². The molecule has 0 spiro atoms. The largest absolute Gasteiger partial charge is 0.327 e. The molecule has 2 aliphatic rings. The van der Waals surface area contributed by atoms with Crippen molar-refractivity contribution in [2.24, 2.45) is 11.7 Å². The minimum atomic E-state index is 0.359. The van der Waals surface area contributed by atoms with Gasteiger partial charge in [-0.2, -0.15) is 0 Å². The molecule has 2 fully saturated rings. The van der Waals surface area contributed by atoms with E-state index in [1.54, 1.807) is 0 Å². The average Bonchev–Trinajstić information content (AvgIpc) is 2.61. The molecule has 3 nitrogen and oxygen atoms in total. The predicted octanol–water partition coefficient (Wildman–Crippen LogP) is 1.17. The second-order valence-corrected chi connectivity index (χ2v) is 5.05. The Bertz CT molecular complexity index is 230. The topological polar surface area (TPSA) is 46.3 Å². The van der Waals surface area contributed by atoms with Crippen LogP contribution in [0.1, 0.15) is 38.5 Å². The highest BCUT2D eigenvalue weighted by Gasteiger charge is 2.25. The van der Waals surface area contributed by atoms with Gasteiger partial charge in [-0.3, -0.25) is 4.79 Å². The molecule has 0 bridgehead atoms. The van der Waals surface area contributed by atoms with Crippen molar-refractivity contribution in [1.29, 1.82) is 0 Å². The summed E-state index contributed by atoms with van der Waals surface area (Å²) in [5.74, 6) is 0.861. The van der Waals surface area contributed by atoms with Crippen LogP contribution in [-0.2, 0) is 4.79 Å². The molecule has 86 valence electrons. The van der Waals surface area contributed by atoms with Crippen molar-refractivity contribution in [2.45, 2.75) is 44.6 Å². The first-order chi connectivity index (χ1) is 7.25. The van der Waals surface area contributed by atoms with Crippen LogP contribution in [0.4, 0.5) is 0 Å². The number of nitrogens with two attached hydrogens (primary N) is 1. The van der Waals surface area contributed by atoms with Crippen LogP contribution in [0.2, 0.25) is 0 Å². The minimum absolute atomic E-state index is 0.359. The number of ketones is 1. The summed E-state index contributed by atoms with van der Waals surface area (Å²) in [6.07, 6.45) is 6.51. The van der Waals surface area contributed by atoms with E-state index in [2.05, 4.69) is 4.90 Å². The average molecular weight is 210 g/mol. The van der Waals surface area contributed by atoms with E-state index >= 15 is 0 Å². The third-order valence-corrected chi connectivity index (χ3v) is 3.77. The van der Waals surface area contributed by atoms with Crippen LogP contribution in [0, 0.1) is 5.92 Å². The van der Waals surface area contributed by atoms with Crippen molar-refractivity contribution in [2.75, 3.05) is 19.6 Å². The Morgan fingerprint density at radius 2 is 2.20 bits per heavy atom. The fraction of sp³-hybridized carbons (Fsp3) is 0.917. The van der Waals surface area contributed by atoms with Crippen molar-refractivity contribution in [3.05, 3.63) is 0 Å². The third-order valence-electron chi connectivity index (χ3n) is 3.77. The summed E-state index contributed by atoms with van der Waals surface area (Å²) in [5, 5.41) is 0. The lowest BCUT2D eigenvalue weighted by Gasteiger charge is -2.31. The number of carbonyl (C=O) groups is 1. The van der Waals surface area contributed by atoms with Gasteiger partial charge in [0.1, 0.15) is 5.78 Å². The van der Waals surface area contributed by atoms with E-state index in [0.717, 1.165) is 38.8 Å². The fourth-order valence-electron chi connectivity index (χ4n) is 2.83. The van der Waals surface area contributed by atoms with Crippen LogP contribution in [0.5, 0.6) is 0 Å². The minimum Gasteiger partial charge on any atom is -0.327 e. The number of hydrogen-bond donors (Lipinski definition) is 1. The Morgan fingerprint density at radius 3 is 2.87 bits per heavy atom. The fourth-order valence-corrected chi connectivity index (χ4v) is 2.83. The highest BCUT2D eigenvalue weighted by molar-refractivity contribution is 5.82. The lowest BCUT2D eigenvalue weighted by molar-refractivity contribution is -0.120. The predicted molar refractivity (Wildman–Crippen MR) is 60.6 cm³/mol. The van der Waals surface area contributed by atoms with Gasteiger partial charge in [-0.1, -0.05) is 0 Å². The van der Waals surface area contributed by atoms with E-state index < -0.39 is 0 Å². The SMILES string of the molecule is NC1CCCN(CCC2CCCC2=O)C1. The van der Waals surface area contributed by atoms with Crippen LogP contribution in [0.25, 0.3) is 0 Å². The Hall–Kier alpha value is -0.410. The van der Waals surface area contributed by atoms with Gasteiger partial charge in [0.2, 0.25) is 0 Å². The normalized spacial score (nSPS) is 33.5. The zero-order valence-corrected chi connectivity index (χ0v) is 9.45. The number of Topliss-reactive ketones (excluding diaryl/α,β-unsaturated/α-hetero) is 1. The van der Waals surface area contributed by atoms with Gasteiger partial charge in [0, 0.05) is 24.9 Å². The summed E-state index contributed by atoms with van der Waals surface area (Å²) < 4.78 is 0. The van der Waals surface area contributed by atoms with Crippen molar-refractivity contribution in [3.8, 4) is 0 Å². The molecular weight excluding hydrogens is 188 g/mol. The van der Waals surface area contributed by atoms with E-state index in [1.165, 1.54) is 19.4 Å². The summed E-state index contributed by atoms with van der Waals surface area (Å²) in [5.41, 5.74) is 5.93. The summed E-state index contributed by atoms with van der Waals surface area (Å²) in [6.45, 7) is 3.28. The van der Waals surface area contributed by atoms with Gasteiger partial charge in [0.05, 0.1) is 0 Å². The summed E-state index contributed by atoms with van der Waals surface area (Å²) in [4.78, 5) is 13.9. The lowest BCUT2D eigenvalue weighted by atomic mass is 10.0. The van der Waals surface area contributed by atoms with E-state index in [9.17, 15) is 4.79 Å². The number of piperidine rings is 1. The van der Waals surface area contributed by atoms with Gasteiger partial charge in [0.15, 0.2) is 0 Å². The third kappa shape index (κ3) is 3.02. The molecule has 2 atom stereocenters. The zero-order valence-electron chi connectivity index (χ0n) is 9.45. The van der Waals surface area contributed by atoms with Gasteiger partial charge in [0.25, 0.3) is 0 Å². The lowest BCUT2D eigenvalue weighted by Crippen LogP contribution is -2.43. The standard InChI is InChI=1S/C12H22N2O/c13-11-4-2-7-14(9-11)8-6-10-3-1-5-12(10)15/h10-11H,1-9,13H2. The maximum atomic E-state index is 11.5. The van der Waals surface area contributed by atoms with Crippen LogP contribution in [0.3, 0.4) is 0 Å². The monoisotopic (exact) mass is 210 g/mol. The molecular formula is C12H22N2O. The molecule has 0 aromatic heterocycles. The number of nitrogens with zero attached hydrogens (tertiary/aromatic N) is 1. The number of rotatable bonds is 3. The molecule has 0 radical (unpaired) electrons. The van der Waals surface area contributed by atoms with Gasteiger partial charge >= 0.3 is 0 Å². The highest BCUT2D eigenvalue weighted by atomic mass is 16.1. The first-order valence-electron chi connectivity index (χ1n) is 6.26. The van der Waals surface area contributed by atoms with Gasteiger partial charge < -0.3 is 10.6 Å². The van der Waals surface area contributed by atoms with Crippen molar-refractivity contribution in [3.63, 3.8) is 0 Å². The van der Waals surface area contributed by atoms with Gasteiger partial charge in [-0.15, -0.1) is 0 Å². The van der Waals surface area contributed by atoms with Crippen LogP contribution in [-0.4, -0.2) is 36.4 Å². The van der Waals surface area contributed by atoms with Crippen LogP contribution in [0.15, 0.2) is 0 Å². The molecule has 1 saturated carbocycles. The molecule has 2 rings (SSSR count). The summed E-state index contributed by atoms with van der Waals surface area (Å²) >= 11 is 0. The highest BCUT2D eigenvalue weighted by Crippen LogP contribution is 2.24. The molecule has 1 aliphatic carbocycles. The molecule has 0 amide bonds. The van der Waals surface area contributed by atoms with Crippen molar-refractivity contribution < 1.29 is 4.79 Å². The van der Waals surface area contributed by atoms with E-state index in [1.807, 2.05) is 0 Å². The van der Waals surface area contributed by atoms with Crippen LogP contribution >= 0.6 is 0 Å². The van der Waals surface area contributed by atoms with Crippen molar-refractivity contribution >= 4 is 5.78 Å². The van der Waals surface area contributed by atoms with E-state index in [4.69, 9.17) is 5.73 Å². The Morgan fingerprint density at radius 1 is 1.33 bits per heavy atom. The summed E-state index contributed by atoms with van der Waals surface area (Å²) in [6, 6.07) is 0.359. The first kappa shape index (κ1) is 11.1. The smallest absolute Gasteiger partial charge is 0.136 e. The Labute approximate surface area is 92.0 Å². The molecule has 0 aromatic rings. The second-order valence-electron chi connectivity index (χ2n) is 5.05. The quantitative estimate of drug-likeness (QED) is 0.760. The molecule has 0 aromatic carbocycles. The Kier molecular flexibility index (Phi) is 3.76. The number of carbonyl (C=O) groups excluding carboxylic acids is 1. The maximum absolute atomic E-state index is 11.5. The molecule has 15 heavy (non-hydrogen) atoms. The molecule has 3 heteroatoms. The van der Waals surface area contributed by atoms with Gasteiger partial charge in [-0.05, 0) is 45.2 Å². The molecule has 1 saturated heterocycles. The summed E-state index contributed by atoms with van der Waals surface area (Å²) in [7, 11) is 0. The van der Waals surface area contributed by atoms with Crippen molar-refractivity contribution in [1.82, 2.24) is 4.90 Å². The van der Waals surface area contributed by atoms with E-state index in [0.29, 0.717) is 17.7 Å². The van der Waals surface area contributed by atoms with Crippen LogP contribution < -0.4 is 5.73 Å². The molecule has 2 N–H and O–H groups in total. The zero-order chi connectivity index (χ0) is 10.7. The number of hydrogen-bond acceptors (Lipinski definition) is 3. The number of likely N-dealkylation sites (tertiary alicyclic amines) is 1. The first-order valence-corrected chi connectivity index (χ1v) is 6.26. The molecule has 1 aliphatic heterocycles. The molecule has 2 unspecified atom stereocenters. The molecule has 1 heterocycles. The van der Waals surface area contributed by atoms with E-state index in [-0.39, 0.29) is 0 Å².